The zero-order chi connectivity index (χ0) is 27.0. The summed E-state index contributed by atoms with van der Waals surface area (Å²) < 4.78 is 2.11. The summed E-state index contributed by atoms with van der Waals surface area (Å²) in [6.45, 7) is 15.7. The summed E-state index contributed by atoms with van der Waals surface area (Å²) in [5, 5.41) is 19.0. The molecule has 37 heavy (non-hydrogen) atoms. The Morgan fingerprint density at radius 3 is 2.32 bits per heavy atom. The van der Waals surface area contributed by atoms with Crippen molar-refractivity contribution in [3.05, 3.63) is 17.0 Å². The molecule has 1 spiro atoms. The Bertz CT molecular complexity index is 967. The maximum atomic E-state index is 13.8. The number of aliphatic hydroxyl groups is 1. The van der Waals surface area contributed by atoms with Crippen molar-refractivity contribution in [1.29, 1.82) is 0 Å². The lowest BCUT2D eigenvalue weighted by Crippen LogP contribution is -2.75. The van der Waals surface area contributed by atoms with Crippen molar-refractivity contribution in [2.75, 3.05) is 19.6 Å². The van der Waals surface area contributed by atoms with Gasteiger partial charge in [0.2, 0.25) is 11.8 Å². The number of piperidine rings is 1. The third-order valence-corrected chi connectivity index (χ3v) is 9.11. The molecule has 208 valence electrons. The van der Waals surface area contributed by atoms with Crippen LogP contribution in [0.4, 0.5) is 0 Å². The quantitative estimate of drug-likeness (QED) is 0.578. The molecule has 2 aliphatic heterocycles. The minimum atomic E-state index is -0.815. The maximum absolute atomic E-state index is 13.8. The van der Waals surface area contributed by atoms with Gasteiger partial charge in [0.1, 0.15) is 11.6 Å². The molecule has 1 aliphatic carbocycles. The first-order valence-corrected chi connectivity index (χ1v) is 14.6. The Morgan fingerprint density at radius 1 is 1.11 bits per heavy atom. The van der Waals surface area contributed by atoms with E-state index >= 15 is 0 Å². The molecular formula is C29H49N5O3. The van der Waals surface area contributed by atoms with E-state index in [1.54, 1.807) is 0 Å². The molecule has 1 aromatic heterocycles. The molecule has 2 amide bonds. The van der Waals surface area contributed by atoms with Gasteiger partial charge < -0.3 is 15.3 Å². The fraction of sp³-hybridized carbons (Fsp3) is 0.828. The minimum absolute atomic E-state index is 0.0713. The van der Waals surface area contributed by atoms with Gasteiger partial charge in [-0.05, 0) is 72.6 Å². The van der Waals surface area contributed by atoms with Gasteiger partial charge in [-0.2, -0.15) is 5.10 Å². The summed E-state index contributed by atoms with van der Waals surface area (Å²) >= 11 is 0. The second kappa shape index (κ2) is 11.0. The van der Waals surface area contributed by atoms with E-state index in [1.165, 1.54) is 17.7 Å². The summed E-state index contributed by atoms with van der Waals surface area (Å²) in [4.78, 5) is 31.8. The van der Waals surface area contributed by atoms with Gasteiger partial charge in [0, 0.05) is 37.4 Å². The van der Waals surface area contributed by atoms with E-state index in [4.69, 9.17) is 5.10 Å². The molecule has 2 atom stereocenters. The van der Waals surface area contributed by atoms with Gasteiger partial charge >= 0.3 is 0 Å². The molecule has 3 heterocycles. The van der Waals surface area contributed by atoms with E-state index in [0.29, 0.717) is 19.4 Å². The first-order valence-electron chi connectivity index (χ1n) is 14.6. The third-order valence-electron chi connectivity index (χ3n) is 9.11. The van der Waals surface area contributed by atoms with Crippen LogP contribution in [0.1, 0.15) is 102 Å². The highest BCUT2D eigenvalue weighted by atomic mass is 16.3. The predicted molar refractivity (Wildman–Crippen MR) is 145 cm³/mol. The number of aromatic nitrogens is 2. The summed E-state index contributed by atoms with van der Waals surface area (Å²) in [7, 11) is 0. The van der Waals surface area contributed by atoms with Crippen LogP contribution in [0.25, 0.3) is 0 Å². The lowest BCUT2D eigenvalue weighted by atomic mass is 9.78. The van der Waals surface area contributed by atoms with Crippen molar-refractivity contribution in [1.82, 2.24) is 24.9 Å². The highest BCUT2D eigenvalue weighted by Crippen LogP contribution is 2.37. The van der Waals surface area contributed by atoms with Crippen LogP contribution in [0.5, 0.6) is 0 Å². The topological polar surface area (TPSA) is 90.7 Å². The van der Waals surface area contributed by atoms with Crippen LogP contribution in [0.3, 0.4) is 0 Å². The summed E-state index contributed by atoms with van der Waals surface area (Å²) in [5.74, 6) is -0.0687. The van der Waals surface area contributed by atoms with Crippen molar-refractivity contribution in [3.8, 4) is 0 Å². The van der Waals surface area contributed by atoms with Crippen molar-refractivity contribution in [3.63, 3.8) is 0 Å². The highest BCUT2D eigenvalue weighted by molar-refractivity contribution is 6.00. The van der Waals surface area contributed by atoms with Crippen LogP contribution in [0.15, 0.2) is 0 Å². The lowest BCUT2D eigenvalue weighted by Gasteiger charge is -2.52. The Hall–Kier alpha value is -1.93. The number of hydrogen-bond acceptors (Lipinski definition) is 5. The summed E-state index contributed by atoms with van der Waals surface area (Å²) in [6, 6.07) is -0.815. The number of unbranched alkanes of at least 4 members (excludes halogenated alkanes) is 1. The predicted octanol–water partition coefficient (Wildman–Crippen LogP) is 3.66. The standard InChI is InChI=1S/C29H49N5O3/c1-7-8-16-33-26(36)24(25(35)22-12-10-9-11-13-22)30-27(37)29(33)14-17-32(18-15-29)19-23-20(2)31-34(21(23)3)28(4,5)6/h22,24-25,35H,7-19H2,1-6H3,(H,30,37). The van der Waals surface area contributed by atoms with E-state index < -0.39 is 17.7 Å². The van der Waals surface area contributed by atoms with Gasteiger partial charge in [-0.25, -0.2) is 0 Å². The molecule has 1 saturated carbocycles. The van der Waals surface area contributed by atoms with E-state index in [-0.39, 0.29) is 23.3 Å². The van der Waals surface area contributed by atoms with Crippen LogP contribution in [-0.2, 0) is 21.7 Å². The highest BCUT2D eigenvalue weighted by Gasteiger charge is 2.55. The average molecular weight is 516 g/mol. The second-order valence-electron chi connectivity index (χ2n) is 12.7. The Labute approximate surface area is 223 Å². The number of likely N-dealkylation sites (tertiary alicyclic amines) is 1. The Morgan fingerprint density at radius 2 is 1.76 bits per heavy atom. The molecule has 0 aromatic carbocycles. The number of amides is 2. The average Bonchev–Trinajstić information content (AvgIpc) is 3.16. The molecule has 1 aromatic rings. The number of carbonyl (C=O) groups is 2. The van der Waals surface area contributed by atoms with E-state index in [1.807, 2.05) is 4.90 Å². The minimum Gasteiger partial charge on any atom is -0.390 e. The van der Waals surface area contributed by atoms with Crippen LogP contribution in [-0.4, -0.2) is 73.8 Å². The first-order chi connectivity index (χ1) is 17.5. The maximum Gasteiger partial charge on any atom is 0.248 e. The zero-order valence-corrected chi connectivity index (χ0v) is 24.0. The zero-order valence-electron chi connectivity index (χ0n) is 24.0. The molecule has 2 saturated heterocycles. The van der Waals surface area contributed by atoms with E-state index in [2.05, 4.69) is 56.4 Å². The number of rotatable bonds is 7. The molecule has 2 N–H and O–H groups in total. The molecular weight excluding hydrogens is 466 g/mol. The van der Waals surface area contributed by atoms with Crippen molar-refractivity contribution in [2.45, 2.75) is 129 Å². The van der Waals surface area contributed by atoms with Crippen molar-refractivity contribution >= 4 is 11.8 Å². The molecule has 3 fully saturated rings. The molecule has 4 rings (SSSR count). The summed E-state index contributed by atoms with van der Waals surface area (Å²) in [6.07, 6.45) is 7.48. The van der Waals surface area contributed by atoms with Gasteiger partial charge in [-0.3, -0.25) is 19.2 Å². The Kier molecular flexibility index (Phi) is 8.39. The van der Waals surface area contributed by atoms with Gasteiger partial charge in [-0.15, -0.1) is 0 Å². The smallest absolute Gasteiger partial charge is 0.248 e. The van der Waals surface area contributed by atoms with Gasteiger partial charge in [0.15, 0.2) is 0 Å². The van der Waals surface area contributed by atoms with Gasteiger partial charge in [-0.1, -0.05) is 32.6 Å². The van der Waals surface area contributed by atoms with Gasteiger partial charge in [0.05, 0.1) is 17.3 Å². The van der Waals surface area contributed by atoms with E-state index in [9.17, 15) is 14.7 Å². The number of nitrogens with one attached hydrogen (secondary N) is 1. The number of nitrogens with zero attached hydrogens (tertiary/aromatic N) is 4. The fourth-order valence-electron chi connectivity index (χ4n) is 6.82. The normalized spacial score (nSPS) is 24.5. The molecule has 2 unspecified atom stereocenters. The van der Waals surface area contributed by atoms with Crippen molar-refractivity contribution in [2.24, 2.45) is 5.92 Å². The molecule has 0 radical (unpaired) electrons. The first kappa shape index (κ1) is 28.1. The lowest BCUT2D eigenvalue weighted by molar-refractivity contribution is -0.166. The largest absolute Gasteiger partial charge is 0.390 e. The molecule has 3 aliphatic rings. The second-order valence-corrected chi connectivity index (χ2v) is 12.7. The molecule has 8 heteroatoms. The van der Waals surface area contributed by atoms with E-state index in [0.717, 1.165) is 63.9 Å². The summed E-state index contributed by atoms with van der Waals surface area (Å²) in [5.41, 5.74) is 2.62. The monoisotopic (exact) mass is 515 g/mol. The SMILES string of the molecule is CCCCN1C(=O)C(C(O)C2CCCCC2)NC(=O)C12CCN(Cc1c(C)nn(C(C)(C)C)c1C)CC2. The van der Waals surface area contributed by atoms with Crippen LogP contribution in [0, 0.1) is 19.8 Å². The molecule has 8 nitrogen and oxygen atoms in total. The Balaban J connectivity index is 1.49. The number of carbonyl (C=O) groups excluding carboxylic acids is 2. The number of aliphatic hydroxyl groups excluding tert-OH is 1. The number of aryl methyl sites for hydroxylation is 1. The number of hydrogen-bond donors (Lipinski definition) is 2. The third kappa shape index (κ3) is 5.47. The van der Waals surface area contributed by atoms with Crippen LogP contribution in [0.2, 0.25) is 0 Å². The fourth-order valence-corrected chi connectivity index (χ4v) is 6.82. The van der Waals surface area contributed by atoms with Gasteiger partial charge in [0.25, 0.3) is 0 Å². The van der Waals surface area contributed by atoms with Crippen LogP contribution >= 0.6 is 0 Å². The molecule has 0 bridgehead atoms. The van der Waals surface area contributed by atoms with Crippen molar-refractivity contribution < 1.29 is 14.7 Å². The number of piperazine rings is 1. The van der Waals surface area contributed by atoms with Crippen LogP contribution < -0.4 is 5.32 Å².